The van der Waals surface area contributed by atoms with Gasteiger partial charge in [0.1, 0.15) is 5.82 Å². The van der Waals surface area contributed by atoms with Gasteiger partial charge >= 0.3 is 5.97 Å². The molecule has 0 spiro atoms. The molecule has 7 heteroatoms. The number of carbonyl (C=O) groups is 1. The van der Waals surface area contributed by atoms with Crippen LogP contribution >= 0.6 is 0 Å². The average Bonchev–Trinajstić information content (AvgIpc) is 2.53. The van der Waals surface area contributed by atoms with Gasteiger partial charge in [-0.2, -0.15) is 5.26 Å². The summed E-state index contributed by atoms with van der Waals surface area (Å²) >= 11 is 0. The first-order valence-electron chi connectivity index (χ1n) is 6.45. The third-order valence-electron chi connectivity index (χ3n) is 3.28. The number of morpholine rings is 1. The van der Waals surface area contributed by atoms with Crippen LogP contribution in [0.2, 0.25) is 0 Å². The number of fused-ring (bicyclic) bond motifs is 1. The van der Waals surface area contributed by atoms with E-state index in [0.717, 1.165) is 5.39 Å². The van der Waals surface area contributed by atoms with Crippen LogP contribution in [0, 0.1) is 11.3 Å². The molecule has 7 nitrogen and oxygen atoms in total. The number of carboxylic acid groups (broad SMARTS) is 1. The topological polar surface area (TPSA) is 99.3 Å². The van der Waals surface area contributed by atoms with E-state index in [1.165, 1.54) is 0 Å². The molecule has 0 aliphatic carbocycles. The van der Waals surface area contributed by atoms with Crippen molar-refractivity contribution in [2.45, 2.75) is 6.10 Å². The molecule has 1 aromatic heterocycles. The Balaban J connectivity index is 2.11. The van der Waals surface area contributed by atoms with E-state index in [1.54, 1.807) is 12.1 Å². The van der Waals surface area contributed by atoms with E-state index in [2.05, 4.69) is 16.0 Å². The van der Waals surface area contributed by atoms with Crippen LogP contribution in [0.25, 0.3) is 10.9 Å². The van der Waals surface area contributed by atoms with Crippen molar-refractivity contribution in [3.05, 3.63) is 30.1 Å². The standard InChI is InChI=1S/C14H12N4O3/c15-7-9-8-18(5-6-21-9)13-10-3-1-2-4-11(10)16-12(17-13)14(19)20/h1-4,9H,5-6,8H2,(H,19,20). The van der Waals surface area contributed by atoms with Crippen molar-refractivity contribution in [2.75, 3.05) is 24.6 Å². The first-order chi connectivity index (χ1) is 10.2. The van der Waals surface area contributed by atoms with Crippen molar-refractivity contribution in [3.63, 3.8) is 0 Å². The highest BCUT2D eigenvalue weighted by atomic mass is 16.5. The third kappa shape index (κ3) is 2.49. The van der Waals surface area contributed by atoms with Gasteiger partial charge in [-0.1, -0.05) is 12.1 Å². The molecule has 0 bridgehead atoms. The highest BCUT2D eigenvalue weighted by Crippen LogP contribution is 2.25. The second-order valence-corrected chi connectivity index (χ2v) is 4.63. The molecule has 3 rings (SSSR count). The first kappa shape index (κ1) is 13.3. The van der Waals surface area contributed by atoms with Gasteiger partial charge in [-0.15, -0.1) is 0 Å². The molecule has 1 aliphatic rings. The lowest BCUT2D eigenvalue weighted by Gasteiger charge is -2.31. The fourth-order valence-electron chi connectivity index (χ4n) is 2.32. The Bertz CT molecular complexity index is 741. The van der Waals surface area contributed by atoms with E-state index in [-0.39, 0.29) is 5.82 Å². The van der Waals surface area contributed by atoms with Crippen molar-refractivity contribution < 1.29 is 14.6 Å². The van der Waals surface area contributed by atoms with Crippen LogP contribution in [0.1, 0.15) is 10.6 Å². The lowest BCUT2D eigenvalue weighted by atomic mass is 10.2. The first-order valence-corrected chi connectivity index (χ1v) is 6.45. The molecular formula is C14H12N4O3. The largest absolute Gasteiger partial charge is 0.475 e. The number of para-hydroxylation sites is 1. The van der Waals surface area contributed by atoms with Gasteiger partial charge in [0, 0.05) is 11.9 Å². The molecule has 1 saturated heterocycles. The number of carboxylic acids is 1. The predicted molar refractivity (Wildman–Crippen MR) is 74.1 cm³/mol. The Morgan fingerprint density at radius 1 is 1.43 bits per heavy atom. The van der Waals surface area contributed by atoms with E-state index in [9.17, 15) is 4.79 Å². The summed E-state index contributed by atoms with van der Waals surface area (Å²) in [6.07, 6.45) is -0.541. The molecule has 106 valence electrons. The van der Waals surface area contributed by atoms with E-state index in [4.69, 9.17) is 15.1 Å². The quantitative estimate of drug-likeness (QED) is 0.880. The summed E-state index contributed by atoms with van der Waals surface area (Å²) in [5.74, 6) is -0.891. The summed E-state index contributed by atoms with van der Waals surface area (Å²) in [6, 6.07) is 9.29. The normalized spacial score (nSPS) is 18.4. The maximum absolute atomic E-state index is 11.2. The number of hydrogen-bond donors (Lipinski definition) is 1. The summed E-state index contributed by atoms with van der Waals surface area (Å²) in [5, 5.41) is 18.9. The zero-order valence-corrected chi connectivity index (χ0v) is 11.1. The molecular weight excluding hydrogens is 272 g/mol. The molecule has 0 amide bonds. The molecule has 1 fully saturated rings. The van der Waals surface area contributed by atoms with Crippen LogP contribution in [-0.4, -0.2) is 46.8 Å². The number of benzene rings is 1. The van der Waals surface area contributed by atoms with Crippen molar-refractivity contribution in [3.8, 4) is 6.07 Å². The number of aromatic carboxylic acids is 1. The van der Waals surface area contributed by atoms with Crippen molar-refractivity contribution in [1.82, 2.24) is 9.97 Å². The number of aromatic nitrogens is 2. The Labute approximate surface area is 120 Å². The van der Waals surface area contributed by atoms with Gasteiger partial charge in [-0.25, -0.2) is 14.8 Å². The second-order valence-electron chi connectivity index (χ2n) is 4.63. The highest BCUT2D eigenvalue weighted by molar-refractivity contribution is 5.93. The maximum Gasteiger partial charge on any atom is 0.374 e. The Morgan fingerprint density at radius 3 is 3.00 bits per heavy atom. The summed E-state index contributed by atoms with van der Waals surface area (Å²) in [7, 11) is 0. The van der Waals surface area contributed by atoms with Crippen LogP contribution in [-0.2, 0) is 4.74 Å². The van der Waals surface area contributed by atoms with Crippen LogP contribution in [0.4, 0.5) is 5.82 Å². The zero-order chi connectivity index (χ0) is 14.8. The fourth-order valence-corrected chi connectivity index (χ4v) is 2.32. The van der Waals surface area contributed by atoms with Crippen LogP contribution in [0.15, 0.2) is 24.3 Å². The Kier molecular flexibility index (Phi) is 3.38. The number of nitrogens with zero attached hydrogens (tertiary/aromatic N) is 4. The molecule has 2 aromatic rings. The molecule has 0 radical (unpaired) electrons. The van der Waals surface area contributed by atoms with Gasteiger partial charge < -0.3 is 14.7 Å². The summed E-state index contributed by atoms with van der Waals surface area (Å²) in [4.78, 5) is 21.2. The lowest BCUT2D eigenvalue weighted by molar-refractivity contribution is 0.0683. The zero-order valence-electron chi connectivity index (χ0n) is 11.1. The number of hydrogen-bond acceptors (Lipinski definition) is 6. The van der Waals surface area contributed by atoms with Gasteiger partial charge in [0.2, 0.25) is 5.82 Å². The predicted octanol–water partition coefficient (Wildman–Crippen LogP) is 1.06. The van der Waals surface area contributed by atoms with Gasteiger partial charge in [0.15, 0.2) is 6.10 Å². The van der Waals surface area contributed by atoms with E-state index in [1.807, 2.05) is 17.0 Å². The van der Waals surface area contributed by atoms with Gasteiger partial charge in [-0.05, 0) is 12.1 Å². The molecule has 21 heavy (non-hydrogen) atoms. The van der Waals surface area contributed by atoms with Crippen molar-refractivity contribution in [1.29, 1.82) is 5.26 Å². The maximum atomic E-state index is 11.2. The Hall–Kier alpha value is -2.72. The van der Waals surface area contributed by atoms with Crippen molar-refractivity contribution in [2.24, 2.45) is 0 Å². The third-order valence-corrected chi connectivity index (χ3v) is 3.28. The van der Waals surface area contributed by atoms with E-state index >= 15 is 0 Å². The number of rotatable bonds is 2. The molecule has 1 aliphatic heterocycles. The molecule has 1 unspecified atom stereocenters. The second kappa shape index (κ2) is 5.34. The van der Waals surface area contributed by atoms with E-state index in [0.29, 0.717) is 31.0 Å². The van der Waals surface area contributed by atoms with Gasteiger partial charge in [-0.3, -0.25) is 0 Å². The molecule has 2 heterocycles. The molecule has 1 atom stereocenters. The number of nitriles is 1. The molecule has 0 saturated carbocycles. The smallest absolute Gasteiger partial charge is 0.374 e. The minimum atomic E-state index is -1.17. The fraction of sp³-hybridized carbons (Fsp3) is 0.286. The summed E-state index contributed by atoms with van der Waals surface area (Å²) in [5.41, 5.74) is 0.569. The summed E-state index contributed by atoms with van der Waals surface area (Å²) in [6.45, 7) is 1.31. The van der Waals surface area contributed by atoms with Gasteiger partial charge in [0.25, 0.3) is 0 Å². The number of anilines is 1. The minimum absolute atomic E-state index is 0.247. The summed E-state index contributed by atoms with van der Waals surface area (Å²) < 4.78 is 5.31. The van der Waals surface area contributed by atoms with Crippen LogP contribution in [0.5, 0.6) is 0 Å². The van der Waals surface area contributed by atoms with Crippen LogP contribution in [0.3, 0.4) is 0 Å². The highest BCUT2D eigenvalue weighted by Gasteiger charge is 2.24. The monoisotopic (exact) mass is 284 g/mol. The molecule has 1 N–H and O–H groups in total. The number of ether oxygens (including phenoxy) is 1. The SMILES string of the molecule is N#CC1CN(c2nc(C(=O)O)nc3ccccc23)CCO1. The van der Waals surface area contributed by atoms with Crippen LogP contribution < -0.4 is 4.90 Å². The molecule has 1 aromatic carbocycles. The van der Waals surface area contributed by atoms with Gasteiger partial charge in [0.05, 0.1) is 24.7 Å². The minimum Gasteiger partial charge on any atom is -0.475 e. The Morgan fingerprint density at radius 2 is 2.24 bits per heavy atom. The lowest BCUT2D eigenvalue weighted by Crippen LogP contribution is -2.42. The average molecular weight is 284 g/mol. The van der Waals surface area contributed by atoms with E-state index < -0.39 is 12.1 Å². The van der Waals surface area contributed by atoms with Crippen molar-refractivity contribution >= 4 is 22.7 Å².